The number of benzene rings is 1. The minimum Gasteiger partial charge on any atom is -0.360 e. The van der Waals surface area contributed by atoms with E-state index in [0.717, 1.165) is 40.9 Å². The summed E-state index contributed by atoms with van der Waals surface area (Å²) in [6, 6.07) is 10.7. The Hall–Kier alpha value is -3.05. The molecule has 2 aliphatic rings. The van der Waals surface area contributed by atoms with Crippen molar-refractivity contribution in [3.05, 3.63) is 72.4 Å². The molecule has 1 unspecified atom stereocenters. The van der Waals surface area contributed by atoms with Crippen LogP contribution >= 0.6 is 0 Å². The average molecular weight is 373 g/mol. The molecule has 28 heavy (non-hydrogen) atoms. The fourth-order valence-corrected chi connectivity index (χ4v) is 4.32. The molecule has 0 radical (unpaired) electrons. The Labute approximate surface area is 162 Å². The quantitative estimate of drug-likeness (QED) is 0.744. The molecular weight excluding hydrogens is 353 g/mol. The number of aromatic nitrogens is 2. The van der Waals surface area contributed by atoms with Crippen molar-refractivity contribution in [3.63, 3.8) is 0 Å². The van der Waals surface area contributed by atoms with Crippen molar-refractivity contribution in [2.75, 3.05) is 13.1 Å². The van der Waals surface area contributed by atoms with Crippen molar-refractivity contribution in [3.8, 4) is 22.4 Å². The van der Waals surface area contributed by atoms with Gasteiger partial charge in [0.05, 0.1) is 12.2 Å². The molecule has 2 aromatic heterocycles. The number of nitrogens with one attached hydrogen (secondary N) is 1. The Bertz CT molecular complexity index is 1050. The van der Waals surface area contributed by atoms with Gasteiger partial charge in [-0.15, -0.1) is 0 Å². The van der Waals surface area contributed by atoms with Gasteiger partial charge < -0.3 is 4.98 Å². The van der Waals surface area contributed by atoms with Crippen LogP contribution in [0, 0.1) is 5.82 Å². The molecular formula is C23H20FN3O. The lowest BCUT2D eigenvalue weighted by atomic mass is 9.90. The number of Topliss-reactive ketones (excluding diaryl/α,β-unsaturated/α-hetero) is 1. The predicted octanol–water partition coefficient (Wildman–Crippen LogP) is 4.31. The minimum atomic E-state index is -0.248. The number of aromatic amines is 1. The maximum absolute atomic E-state index is 13.4. The number of nitrogens with zero attached hydrogens (tertiary/aromatic N) is 2. The van der Waals surface area contributed by atoms with Gasteiger partial charge in [-0.3, -0.25) is 14.7 Å². The lowest BCUT2D eigenvalue weighted by Gasteiger charge is -2.27. The first kappa shape index (κ1) is 17.1. The summed E-state index contributed by atoms with van der Waals surface area (Å²) in [6.45, 7) is 1.47. The fraction of sp³-hybridized carbons (Fsp3) is 0.217. The predicted molar refractivity (Wildman–Crippen MR) is 107 cm³/mol. The van der Waals surface area contributed by atoms with Crippen molar-refractivity contribution in [1.29, 1.82) is 0 Å². The first-order chi connectivity index (χ1) is 13.7. The van der Waals surface area contributed by atoms with Crippen LogP contribution in [0.1, 0.15) is 18.4 Å². The van der Waals surface area contributed by atoms with Crippen LogP contribution in [-0.4, -0.2) is 39.8 Å². The van der Waals surface area contributed by atoms with Gasteiger partial charge in [-0.1, -0.05) is 6.08 Å². The highest BCUT2D eigenvalue weighted by molar-refractivity contribution is 5.92. The molecule has 0 aliphatic carbocycles. The highest BCUT2D eigenvalue weighted by atomic mass is 19.1. The minimum absolute atomic E-state index is 0.200. The van der Waals surface area contributed by atoms with E-state index < -0.39 is 0 Å². The third-order valence-corrected chi connectivity index (χ3v) is 5.68. The van der Waals surface area contributed by atoms with E-state index in [0.29, 0.717) is 18.7 Å². The number of pyridine rings is 1. The topological polar surface area (TPSA) is 49.0 Å². The second-order valence-electron chi connectivity index (χ2n) is 7.42. The van der Waals surface area contributed by atoms with Gasteiger partial charge in [-0.05, 0) is 59.5 Å². The maximum atomic E-state index is 13.4. The molecule has 1 atom stereocenters. The molecule has 4 heterocycles. The summed E-state index contributed by atoms with van der Waals surface area (Å²) in [7, 11) is 0. The smallest absolute Gasteiger partial charge is 0.148 e. The number of carbonyl (C=O) groups is 1. The SMILES string of the molecule is O=C1CC2C=C(c3c[nH]c(-c4ccc(F)cc4)c3-c3ccncc3)CCN2C1. The molecule has 5 rings (SSSR count). The molecule has 0 spiro atoms. The van der Waals surface area contributed by atoms with Gasteiger partial charge in [0, 0.05) is 48.7 Å². The summed E-state index contributed by atoms with van der Waals surface area (Å²) in [6.07, 6.45) is 9.36. The molecule has 140 valence electrons. The third-order valence-electron chi connectivity index (χ3n) is 5.68. The number of carbonyl (C=O) groups excluding carboxylic acids is 1. The van der Waals surface area contributed by atoms with Crippen molar-refractivity contribution >= 4 is 11.4 Å². The number of fused-ring (bicyclic) bond motifs is 1. The number of H-pyrrole nitrogens is 1. The molecule has 1 N–H and O–H groups in total. The molecule has 1 aromatic carbocycles. The zero-order valence-corrected chi connectivity index (χ0v) is 15.4. The van der Waals surface area contributed by atoms with Crippen LogP contribution in [-0.2, 0) is 4.79 Å². The monoisotopic (exact) mass is 373 g/mol. The van der Waals surface area contributed by atoms with Crippen molar-refractivity contribution < 1.29 is 9.18 Å². The summed E-state index contributed by atoms with van der Waals surface area (Å²) in [5.41, 5.74) is 6.46. The molecule has 0 saturated carbocycles. The van der Waals surface area contributed by atoms with Crippen LogP contribution in [0.25, 0.3) is 28.0 Å². The van der Waals surface area contributed by atoms with Gasteiger partial charge in [0.1, 0.15) is 11.6 Å². The lowest BCUT2D eigenvalue weighted by molar-refractivity contribution is -0.116. The Balaban J connectivity index is 1.64. The van der Waals surface area contributed by atoms with E-state index in [4.69, 9.17) is 0 Å². The summed E-state index contributed by atoms with van der Waals surface area (Å²) < 4.78 is 13.4. The summed E-state index contributed by atoms with van der Waals surface area (Å²) >= 11 is 0. The lowest BCUT2D eigenvalue weighted by Crippen LogP contribution is -2.32. The molecule has 0 bridgehead atoms. The number of ketones is 1. The van der Waals surface area contributed by atoms with Gasteiger partial charge in [0.2, 0.25) is 0 Å². The molecule has 3 aromatic rings. The second-order valence-corrected chi connectivity index (χ2v) is 7.42. The van der Waals surface area contributed by atoms with E-state index >= 15 is 0 Å². The van der Waals surface area contributed by atoms with E-state index in [-0.39, 0.29) is 11.9 Å². The normalized spacial score (nSPS) is 19.5. The third kappa shape index (κ3) is 2.98. The van der Waals surface area contributed by atoms with E-state index in [1.165, 1.54) is 17.7 Å². The van der Waals surface area contributed by atoms with Gasteiger partial charge >= 0.3 is 0 Å². The number of halogens is 1. The van der Waals surface area contributed by atoms with Gasteiger partial charge in [-0.2, -0.15) is 0 Å². The van der Waals surface area contributed by atoms with Crippen LogP contribution in [0.4, 0.5) is 4.39 Å². The Morgan fingerprint density at radius 2 is 1.86 bits per heavy atom. The average Bonchev–Trinajstić information content (AvgIpc) is 3.31. The van der Waals surface area contributed by atoms with Crippen LogP contribution in [0.15, 0.2) is 61.1 Å². The van der Waals surface area contributed by atoms with E-state index in [9.17, 15) is 9.18 Å². The summed E-state index contributed by atoms with van der Waals surface area (Å²) in [5.74, 6) is 0.0694. The molecule has 1 fully saturated rings. The molecule has 5 heteroatoms. The Morgan fingerprint density at radius 3 is 2.64 bits per heavy atom. The number of hydrogen-bond donors (Lipinski definition) is 1. The van der Waals surface area contributed by atoms with Gasteiger partial charge in [-0.25, -0.2) is 4.39 Å². The molecule has 0 amide bonds. The number of rotatable bonds is 3. The van der Waals surface area contributed by atoms with Crippen molar-refractivity contribution in [1.82, 2.24) is 14.9 Å². The summed E-state index contributed by atoms with van der Waals surface area (Å²) in [4.78, 5) is 21.7. The largest absolute Gasteiger partial charge is 0.360 e. The van der Waals surface area contributed by atoms with Gasteiger partial charge in [0.15, 0.2) is 0 Å². The highest BCUT2D eigenvalue weighted by Gasteiger charge is 2.32. The zero-order valence-electron chi connectivity index (χ0n) is 15.4. The van der Waals surface area contributed by atoms with Crippen molar-refractivity contribution in [2.24, 2.45) is 0 Å². The zero-order chi connectivity index (χ0) is 19.1. The Morgan fingerprint density at radius 1 is 1.07 bits per heavy atom. The van der Waals surface area contributed by atoms with Crippen LogP contribution < -0.4 is 0 Å². The standard InChI is InChI=1S/C23H20FN3O/c24-18-3-1-16(2-4-18)23-22(15-5-8-25-9-6-15)21(13-26-23)17-7-10-27-14-20(28)12-19(27)11-17/h1-6,8-9,11,13,19,26H,7,10,12,14H2. The molecule has 4 nitrogen and oxygen atoms in total. The second kappa shape index (κ2) is 6.84. The molecule has 2 aliphatic heterocycles. The Kier molecular flexibility index (Phi) is 4.17. The van der Waals surface area contributed by atoms with E-state index in [1.807, 2.05) is 18.3 Å². The van der Waals surface area contributed by atoms with Crippen LogP contribution in [0.5, 0.6) is 0 Å². The van der Waals surface area contributed by atoms with E-state index in [2.05, 4.69) is 20.9 Å². The maximum Gasteiger partial charge on any atom is 0.148 e. The van der Waals surface area contributed by atoms with E-state index in [1.54, 1.807) is 24.5 Å². The van der Waals surface area contributed by atoms with Gasteiger partial charge in [0.25, 0.3) is 0 Å². The highest BCUT2D eigenvalue weighted by Crippen LogP contribution is 2.40. The number of hydrogen-bond acceptors (Lipinski definition) is 3. The van der Waals surface area contributed by atoms with Crippen molar-refractivity contribution in [2.45, 2.75) is 18.9 Å². The molecule has 1 saturated heterocycles. The summed E-state index contributed by atoms with van der Waals surface area (Å²) in [5, 5.41) is 0. The van der Waals surface area contributed by atoms with Crippen LogP contribution in [0.2, 0.25) is 0 Å². The first-order valence-corrected chi connectivity index (χ1v) is 9.53. The fourth-order valence-electron chi connectivity index (χ4n) is 4.32. The first-order valence-electron chi connectivity index (χ1n) is 9.53. The van der Waals surface area contributed by atoms with Crippen LogP contribution in [0.3, 0.4) is 0 Å².